The van der Waals surface area contributed by atoms with Crippen LogP contribution in [0.1, 0.15) is 34.8 Å². The van der Waals surface area contributed by atoms with Crippen LogP contribution in [0, 0.1) is 0 Å². The zero-order valence-corrected chi connectivity index (χ0v) is 16.2. The van der Waals surface area contributed by atoms with E-state index in [9.17, 15) is 13.2 Å². The van der Waals surface area contributed by atoms with Crippen LogP contribution in [0.15, 0.2) is 54.6 Å². The van der Waals surface area contributed by atoms with Crippen molar-refractivity contribution in [1.29, 1.82) is 0 Å². The Balaban J connectivity index is 1.70. The average Bonchev–Trinajstić information content (AvgIpc) is 3.16. The van der Waals surface area contributed by atoms with E-state index in [1.54, 1.807) is 24.3 Å². The van der Waals surface area contributed by atoms with Crippen LogP contribution in [0.2, 0.25) is 0 Å². The fourth-order valence-corrected chi connectivity index (χ4v) is 3.97. The van der Waals surface area contributed by atoms with E-state index < -0.39 is 10.0 Å². The van der Waals surface area contributed by atoms with Gasteiger partial charge in [0.2, 0.25) is 10.0 Å². The zero-order chi connectivity index (χ0) is 19.3. The first-order valence-corrected chi connectivity index (χ1v) is 11.0. The second-order valence-corrected chi connectivity index (χ2v) is 8.58. The molecule has 1 aliphatic rings. The molecule has 2 aromatic rings. The number of amides is 1. The molecular weight excluding hydrogens is 362 g/mol. The summed E-state index contributed by atoms with van der Waals surface area (Å²) < 4.78 is 25.2. The van der Waals surface area contributed by atoms with Crippen molar-refractivity contribution in [3.05, 3.63) is 65.7 Å². The summed E-state index contributed by atoms with van der Waals surface area (Å²) in [4.78, 5) is 15.0. The molecule has 7 heteroatoms. The molecule has 1 saturated heterocycles. The van der Waals surface area contributed by atoms with Crippen LogP contribution in [0.5, 0.6) is 0 Å². The van der Waals surface area contributed by atoms with Crippen molar-refractivity contribution in [2.75, 3.05) is 30.6 Å². The number of nitrogens with one attached hydrogen (secondary N) is 2. The van der Waals surface area contributed by atoms with Crippen LogP contribution < -0.4 is 10.0 Å². The minimum absolute atomic E-state index is 0.134. The number of rotatable bonds is 7. The summed E-state index contributed by atoms with van der Waals surface area (Å²) in [7, 11) is -3.38. The molecule has 1 heterocycles. The standard InChI is InChI=1S/C20H25N3O3S/c1-27(25,26)22-18-11-7-10-17(14-18)20(24)21-15-19(23-12-5-6-13-23)16-8-3-2-4-9-16/h2-4,7-11,14,19,22H,5-6,12-13,15H2,1H3,(H,21,24). The van der Waals surface area contributed by atoms with Crippen LogP contribution in [0.4, 0.5) is 5.69 Å². The Labute approximate surface area is 160 Å². The Hall–Kier alpha value is -2.38. The number of benzene rings is 2. The molecule has 1 unspecified atom stereocenters. The molecule has 1 aliphatic heterocycles. The monoisotopic (exact) mass is 387 g/mol. The lowest BCUT2D eigenvalue weighted by atomic mass is 10.1. The van der Waals surface area contributed by atoms with Gasteiger partial charge in [0.25, 0.3) is 5.91 Å². The lowest BCUT2D eigenvalue weighted by molar-refractivity contribution is 0.0938. The molecule has 2 N–H and O–H groups in total. The van der Waals surface area contributed by atoms with Gasteiger partial charge in [0, 0.05) is 17.8 Å². The minimum Gasteiger partial charge on any atom is -0.350 e. The van der Waals surface area contributed by atoms with Crippen LogP contribution >= 0.6 is 0 Å². The number of carbonyl (C=O) groups is 1. The van der Waals surface area contributed by atoms with Gasteiger partial charge in [-0.1, -0.05) is 36.4 Å². The molecule has 0 spiro atoms. The Kier molecular flexibility index (Phi) is 6.13. The number of hydrogen-bond acceptors (Lipinski definition) is 4. The summed E-state index contributed by atoms with van der Waals surface area (Å²) in [6, 6.07) is 16.8. The maximum absolute atomic E-state index is 12.6. The van der Waals surface area contributed by atoms with E-state index in [0.29, 0.717) is 17.8 Å². The van der Waals surface area contributed by atoms with E-state index >= 15 is 0 Å². The van der Waals surface area contributed by atoms with E-state index in [0.717, 1.165) is 19.3 Å². The third-order valence-electron chi connectivity index (χ3n) is 4.65. The van der Waals surface area contributed by atoms with Crippen molar-refractivity contribution in [1.82, 2.24) is 10.2 Å². The third kappa shape index (κ3) is 5.55. The number of carbonyl (C=O) groups excluding carboxylic acids is 1. The molecule has 0 aliphatic carbocycles. The molecule has 0 radical (unpaired) electrons. The van der Waals surface area contributed by atoms with Crippen LogP contribution in [-0.2, 0) is 10.0 Å². The molecule has 1 amide bonds. The van der Waals surface area contributed by atoms with Crippen molar-refractivity contribution < 1.29 is 13.2 Å². The lowest BCUT2D eigenvalue weighted by Crippen LogP contribution is -2.36. The van der Waals surface area contributed by atoms with Crippen molar-refractivity contribution in [2.45, 2.75) is 18.9 Å². The summed E-state index contributed by atoms with van der Waals surface area (Å²) in [5.41, 5.74) is 1.99. The molecule has 1 fully saturated rings. The smallest absolute Gasteiger partial charge is 0.251 e. The van der Waals surface area contributed by atoms with Gasteiger partial charge in [-0.25, -0.2) is 8.42 Å². The van der Waals surface area contributed by atoms with E-state index in [1.807, 2.05) is 18.2 Å². The minimum atomic E-state index is -3.38. The van der Waals surface area contributed by atoms with E-state index in [-0.39, 0.29) is 11.9 Å². The van der Waals surface area contributed by atoms with Crippen LogP contribution in [-0.4, -0.2) is 45.1 Å². The van der Waals surface area contributed by atoms with Gasteiger partial charge in [-0.2, -0.15) is 0 Å². The quantitative estimate of drug-likeness (QED) is 0.766. The molecule has 0 aromatic heterocycles. The zero-order valence-electron chi connectivity index (χ0n) is 15.4. The first-order valence-electron chi connectivity index (χ1n) is 9.07. The number of likely N-dealkylation sites (tertiary alicyclic amines) is 1. The van der Waals surface area contributed by atoms with Crippen LogP contribution in [0.3, 0.4) is 0 Å². The maximum Gasteiger partial charge on any atom is 0.251 e. The van der Waals surface area contributed by atoms with Crippen molar-refractivity contribution in [2.24, 2.45) is 0 Å². The molecule has 0 bridgehead atoms. The number of anilines is 1. The first kappa shape index (κ1) is 19.4. The molecule has 2 aromatic carbocycles. The third-order valence-corrected chi connectivity index (χ3v) is 5.26. The second kappa shape index (κ2) is 8.54. The molecular formula is C20H25N3O3S. The van der Waals surface area contributed by atoms with Gasteiger partial charge in [0.05, 0.1) is 12.3 Å². The largest absolute Gasteiger partial charge is 0.350 e. The molecule has 3 rings (SSSR count). The Morgan fingerprint density at radius 1 is 1.07 bits per heavy atom. The van der Waals surface area contributed by atoms with Crippen molar-refractivity contribution >= 4 is 21.6 Å². The number of hydrogen-bond donors (Lipinski definition) is 2. The van der Waals surface area contributed by atoms with Crippen molar-refractivity contribution in [3.63, 3.8) is 0 Å². The maximum atomic E-state index is 12.6. The molecule has 6 nitrogen and oxygen atoms in total. The summed E-state index contributed by atoms with van der Waals surface area (Å²) in [6.07, 6.45) is 3.44. The van der Waals surface area contributed by atoms with Gasteiger partial charge >= 0.3 is 0 Å². The fraction of sp³-hybridized carbons (Fsp3) is 0.350. The summed E-state index contributed by atoms with van der Waals surface area (Å²) in [5, 5.41) is 3.01. The highest BCUT2D eigenvalue weighted by atomic mass is 32.2. The SMILES string of the molecule is CS(=O)(=O)Nc1cccc(C(=O)NCC(c2ccccc2)N2CCCC2)c1. The fourth-order valence-electron chi connectivity index (χ4n) is 3.42. The topological polar surface area (TPSA) is 78.5 Å². The highest BCUT2D eigenvalue weighted by molar-refractivity contribution is 7.92. The Morgan fingerprint density at radius 2 is 1.78 bits per heavy atom. The second-order valence-electron chi connectivity index (χ2n) is 6.83. The molecule has 1 atom stereocenters. The van der Waals surface area contributed by atoms with E-state index in [2.05, 4.69) is 27.1 Å². The summed E-state index contributed by atoms with van der Waals surface area (Å²) in [6.45, 7) is 2.57. The van der Waals surface area contributed by atoms with Gasteiger partial charge in [-0.05, 0) is 49.7 Å². The van der Waals surface area contributed by atoms with Gasteiger partial charge in [0.1, 0.15) is 0 Å². The van der Waals surface area contributed by atoms with E-state index in [1.165, 1.54) is 18.4 Å². The van der Waals surface area contributed by atoms with Gasteiger partial charge in [0.15, 0.2) is 0 Å². The predicted molar refractivity (Wildman–Crippen MR) is 107 cm³/mol. The van der Waals surface area contributed by atoms with Gasteiger partial charge < -0.3 is 5.32 Å². The number of nitrogens with zero attached hydrogens (tertiary/aromatic N) is 1. The molecule has 27 heavy (non-hydrogen) atoms. The summed E-state index contributed by atoms with van der Waals surface area (Å²) >= 11 is 0. The van der Waals surface area contributed by atoms with Crippen molar-refractivity contribution in [3.8, 4) is 0 Å². The Morgan fingerprint density at radius 3 is 2.44 bits per heavy atom. The van der Waals surface area contributed by atoms with Gasteiger partial charge in [-0.3, -0.25) is 14.4 Å². The summed E-state index contributed by atoms with van der Waals surface area (Å²) in [5.74, 6) is -0.215. The lowest BCUT2D eigenvalue weighted by Gasteiger charge is -2.28. The first-order chi connectivity index (χ1) is 12.9. The number of sulfonamides is 1. The average molecular weight is 388 g/mol. The highest BCUT2D eigenvalue weighted by Gasteiger charge is 2.24. The Bertz CT molecular complexity index is 878. The van der Waals surface area contributed by atoms with E-state index in [4.69, 9.17) is 0 Å². The highest BCUT2D eigenvalue weighted by Crippen LogP contribution is 2.24. The van der Waals surface area contributed by atoms with Crippen LogP contribution in [0.25, 0.3) is 0 Å². The predicted octanol–water partition coefficient (Wildman–Crippen LogP) is 2.63. The van der Waals surface area contributed by atoms with Gasteiger partial charge in [-0.15, -0.1) is 0 Å². The normalized spacial score (nSPS) is 16.0. The molecule has 0 saturated carbocycles. The molecule has 144 valence electrons.